The number of aliphatic imine (C=N–C) groups is 1. The number of anilines is 1. The third-order valence-electron chi connectivity index (χ3n) is 4.18. The maximum absolute atomic E-state index is 13.3. The molecule has 0 fully saturated rings. The predicted molar refractivity (Wildman–Crippen MR) is 97.4 cm³/mol. The Morgan fingerprint density at radius 1 is 1.18 bits per heavy atom. The van der Waals surface area contributed by atoms with Gasteiger partial charge in [0.05, 0.1) is 23.6 Å². The van der Waals surface area contributed by atoms with E-state index in [0.29, 0.717) is 5.56 Å². The van der Waals surface area contributed by atoms with Crippen LogP contribution in [0.5, 0.6) is 0 Å². The molecule has 8 heteroatoms. The third kappa shape index (κ3) is 4.05. The van der Waals surface area contributed by atoms with Gasteiger partial charge in [-0.1, -0.05) is 30.3 Å². The summed E-state index contributed by atoms with van der Waals surface area (Å²) in [4.78, 5) is 29.9. The number of nitrogens with zero attached hydrogens (tertiary/aromatic N) is 2. The Morgan fingerprint density at radius 3 is 2.54 bits per heavy atom. The molecule has 0 unspecified atom stereocenters. The molecule has 146 valence electrons. The maximum Gasteiger partial charge on any atom is 0.416 e. The summed E-state index contributed by atoms with van der Waals surface area (Å²) in [5.41, 5.74) is 0.304. The van der Waals surface area contributed by atoms with Gasteiger partial charge >= 0.3 is 12.1 Å². The van der Waals surface area contributed by atoms with Crippen LogP contribution < -0.4 is 4.90 Å². The average Bonchev–Trinajstić information content (AvgIpc) is 2.79. The number of rotatable bonds is 4. The van der Waals surface area contributed by atoms with Gasteiger partial charge in [0.1, 0.15) is 13.1 Å². The number of benzodiazepines with no additional fused rings is 1. The van der Waals surface area contributed by atoms with Crippen molar-refractivity contribution in [1.29, 1.82) is 0 Å². The van der Waals surface area contributed by atoms with Gasteiger partial charge < -0.3 is 4.74 Å². The first-order valence-electron chi connectivity index (χ1n) is 8.58. The lowest BCUT2D eigenvalue weighted by molar-refractivity contribution is -0.142. The lowest BCUT2D eigenvalue weighted by atomic mass is 9.98. The Kier molecular flexibility index (Phi) is 5.48. The molecule has 0 bridgehead atoms. The van der Waals surface area contributed by atoms with Crippen LogP contribution >= 0.6 is 0 Å². The molecule has 0 saturated heterocycles. The monoisotopic (exact) mass is 390 g/mol. The topological polar surface area (TPSA) is 59.0 Å². The van der Waals surface area contributed by atoms with Gasteiger partial charge in [0.15, 0.2) is 0 Å². The van der Waals surface area contributed by atoms with Gasteiger partial charge in [0.25, 0.3) is 0 Å². The number of ether oxygens (including phenoxy) is 1. The van der Waals surface area contributed by atoms with Crippen molar-refractivity contribution >= 4 is 23.3 Å². The number of carbonyl (C=O) groups excluding carboxylic acids is 2. The lowest BCUT2D eigenvalue weighted by Gasteiger charge is -2.23. The van der Waals surface area contributed by atoms with Gasteiger partial charge in [0, 0.05) is 11.1 Å². The van der Waals surface area contributed by atoms with Crippen molar-refractivity contribution in [3.63, 3.8) is 0 Å². The second-order valence-corrected chi connectivity index (χ2v) is 6.05. The van der Waals surface area contributed by atoms with Gasteiger partial charge in [-0.15, -0.1) is 0 Å². The second-order valence-electron chi connectivity index (χ2n) is 6.05. The number of benzene rings is 2. The first kappa shape index (κ1) is 19.6. The Hall–Kier alpha value is -3.16. The molecule has 1 heterocycles. The Morgan fingerprint density at radius 2 is 1.89 bits per heavy atom. The number of alkyl halides is 3. The molecule has 5 nitrogen and oxygen atoms in total. The quantitative estimate of drug-likeness (QED) is 0.752. The molecular weight excluding hydrogens is 373 g/mol. The average molecular weight is 390 g/mol. The van der Waals surface area contributed by atoms with Crippen LogP contribution in [-0.2, 0) is 20.5 Å². The van der Waals surface area contributed by atoms with Crippen LogP contribution in [0.2, 0.25) is 0 Å². The molecule has 3 rings (SSSR count). The fourth-order valence-electron chi connectivity index (χ4n) is 2.94. The van der Waals surface area contributed by atoms with Crippen LogP contribution in [0, 0.1) is 0 Å². The predicted octanol–water partition coefficient (Wildman–Crippen LogP) is 3.45. The largest absolute Gasteiger partial charge is 0.465 e. The van der Waals surface area contributed by atoms with Crippen LogP contribution in [0.3, 0.4) is 0 Å². The van der Waals surface area contributed by atoms with Gasteiger partial charge in [-0.05, 0) is 25.1 Å². The minimum absolute atomic E-state index is 0.131. The highest BCUT2D eigenvalue weighted by atomic mass is 19.4. The van der Waals surface area contributed by atoms with E-state index in [-0.39, 0.29) is 30.1 Å². The number of carbonyl (C=O) groups is 2. The van der Waals surface area contributed by atoms with Crippen LogP contribution in [0.25, 0.3) is 0 Å². The van der Waals surface area contributed by atoms with E-state index in [1.165, 1.54) is 6.07 Å². The number of halogens is 3. The Labute approximate surface area is 159 Å². The van der Waals surface area contributed by atoms with Gasteiger partial charge in [0.2, 0.25) is 5.91 Å². The lowest BCUT2D eigenvalue weighted by Crippen LogP contribution is -2.37. The summed E-state index contributed by atoms with van der Waals surface area (Å²) in [6, 6.07) is 11.7. The molecule has 0 aromatic heterocycles. The summed E-state index contributed by atoms with van der Waals surface area (Å²) < 4.78 is 44.7. The van der Waals surface area contributed by atoms with E-state index >= 15 is 0 Å². The third-order valence-corrected chi connectivity index (χ3v) is 4.18. The molecule has 1 aliphatic rings. The molecule has 0 N–H and O–H groups in total. The number of hydrogen-bond acceptors (Lipinski definition) is 4. The summed E-state index contributed by atoms with van der Waals surface area (Å²) in [6.45, 7) is 1.07. The van der Waals surface area contributed by atoms with E-state index in [9.17, 15) is 22.8 Å². The summed E-state index contributed by atoms with van der Waals surface area (Å²) in [5.74, 6) is -1.15. The highest BCUT2D eigenvalue weighted by Gasteiger charge is 2.34. The Balaban J connectivity index is 2.15. The highest BCUT2D eigenvalue weighted by molar-refractivity contribution is 6.20. The molecule has 0 atom stereocenters. The minimum Gasteiger partial charge on any atom is -0.465 e. The zero-order chi connectivity index (χ0) is 20.3. The maximum atomic E-state index is 13.3. The summed E-state index contributed by atoms with van der Waals surface area (Å²) in [5, 5.41) is 0. The molecule has 0 saturated carbocycles. The van der Waals surface area contributed by atoms with Crippen LogP contribution in [0.15, 0.2) is 53.5 Å². The van der Waals surface area contributed by atoms with Gasteiger partial charge in [-0.25, -0.2) is 0 Å². The van der Waals surface area contributed by atoms with Crippen LogP contribution in [0.4, 0.5) is 18.9 Å². The highest BCUT2D eigenvalue weighted by Crippen LogP contribution is 2.35. The molecule has 1 aliphatic heterocycles. The molecular formula is C20H17F3N2O3. The molecule has 2 aromatic carbocycles. The number of hydrogen-bond donors (Lipinski definition) is 0. The van der Waals surface area contributed by atoms with E-state index in [2.05, 4.69) is 4.99 Å². The van der Waals surface area contributed by atoms with Crippen LogP contribution in [-0.4, -0.2) is 37.3 Å². The second kappa shape index (κ2) is 7.84. The van der Waals surface area contributed by atoms with Gasteiger partial charge in [-0.2, -0.15) is 13.2 Å². The summed E-state index contributed by atoms with van der Waals surface area (Å²) in [7, 11) is 0. The van der Waals surface area contributed by atoms with E-state index < -0.39 is 30.2 Å². The number of amides is 1. The van der Waals surface area contributed by atoms with E-state index in [1.807, 2.05) is 0 Å². The van der Waals surface area contributed by atoms with Crippen molar-refractivity contribution in [2.24, 2.45) is 4.99 Å². The molecule has 0 aliphatic carbocycles. The van der Waals surface area contributed by atoms with Crippen molar-refractivity contribution in [1.82, 2.24) is 0 Å². The minimum atomic E-state index is -4.56. The molecule has 28 heavy (non-hydrogen) atoms. The SMILES string of the molecule is CCOC(=O)CN1C(=O)CN=C(c2ccccc2)c2cc(C(F)(F)F)ccc21. The number of esters is 1. The van der Waals surface area contributed by atoms with Crippen molar-refractivity contribution < 1.29 is 27.5 Å². The van der Waals surface area contributed by atoms with Crippen molar-refractivity contribution in [2.45, 2.75) is 13.1 Å². The zero-order valence-electron chi connectivity index (χ0n) is 15.0. The van der Waals surface area contributed by atoms with Crippen molar-refractivity contribution in [3.05, 3.63) is 65.2 Å². The fourth-order valence-corrected chi connectivity index (χ4v) is 2.94. The summed E-state index contributed by atoms with van der Waals surface area (Å²) >= 11 is 0. The van der Waals surface area contributed by atoms with E-state index in [0.717, 1.165) is 17.0 Å². The smallest absolute Gasteiger partial charge is 0.416 e. The first-order chi connectivity index (χ1) is 13.3. The van der Waals surface area contributed by atoms with E-state index in [4.69, 9.17) is 4.74 Å². The van der Waals surface area contributed by atoms with Crippen molar-refractivity contribution in [3.8, 4) is 0 Å². The van der Waals surface area contributed by atoms with Crippen molar-refractivity contribution in [2.75, 3.05) is 24.6 Å². The summed E-state index contributed by atoms with van der Waals surface area (Å²) in [6.07, 6.45) is -4.56. The normalized spacial score (nSPS) is 14.2. The zero-order valence-corrected chi connectivity index (χ0v) is 15.0. The van der Waals surface area contributed by atoms with E-state index in [1.54, 1.807) is 37.3 Å². The number of fused-ring (bicyclic) bond motifs is 1. The molecule has 0 spiro atoms. The Bertz CT molecular complexity index is 924. The first-order valence-corrected chi connectivity index (χ1v) is 8.58. The molecule has 0 radical (unpaired) electrons. The van der Waals surface area contributed by atoms with Crippen LogP contribution in [0.1, 0.15) is 23.6 Å². The molecule has 2 aromatic rings. The standard InChI is InChI=1S/C20H17F3N2O3/c1-2-28-18(27)12-25-16-9-8-14(20(21,22)23)10-15(16)19(24-11-17(25)26)13-6-4-3-5-7-13/h3-10H,2,11-12H2,1H3. The van der Waals surface area contributed by atoms with Gasteiger partial charge in [-0.3, -0.25) is 19.5 Å². The molecule has 1 amide bonds. The fraction of sp³-hybridized carbons (Fsp3) is 0.250.